The second-order valence-corrected chi connectivity index (χ2v) is 10.5. The molecule has 2 amide bonds. The normalized spacial score (nSPS) is 25.4. The lowest BCUT2D eigenvalue weighted by molar-refractivity contribution is -0.150. The molecule has 1 aliphatic carbocycles. The fourth-order valence-electron chi connectivity index (χ4n) is 6.11. The number of carbonyl (C=O) groups excluding carboxylic acids is 3. The first-order valence-corrected chi connectivity index (χ1v) is 12.3. The second-order valence-electron chi connectivity index (χ2n) is 10.5. The zero-order valence-electron chi connectivity index (χ0n) is 20.6. The van der Waals surface area contributed by atoms with Gasteiger partial charge in [-0.25, -0.2) is 14.4 Å². The maximum absolute atomic E-state index is 13.3. The van der Waals surface area contributed by atoms with Gasteiger partial charge in [-0.3, -0.25) is 4.90 Å². The average Bonchev–Trinajstić information content (AvgIpc) is 3.26. The van der Waals surface area contributed by atoms with Gasteiger partial charge >= 0.3 is 18.2 Å². The number of amides is 2. The quantitative estimate of drug-likeness (QED) is 0.478. The number of esters is 1. The van der Waals surface area contributed by atoms with Crippen molar-refractivity contribution in [2.75, 3.05) is 19.7 Å². The van der Waals surface area contributed by atoms with Crippen LogP contribution in [-0.2, 0) is 25.6 Å². The Labute approximate surface area is 201 Å². The molecule has 2 saturated heterocycles. The van der Waals surface area contributed by atoms with Crippen LogP contribution < -0.4 is 0 Å². The van der Waals surface area contributed by atoms with E-state index in [0.717, 1.165) is 31.2 Å². The summed E-state index contributed by atoms with van der Waals surface area (Å²) in [5.74, 6) is -0.359. The van der Waals surface area contributed by atoms with Crippen molar-refractivity contribution in [3.05, 3.63) is 35.9 Å². The van der Waals surface area contributed by atoms with Gasteiger partial charge in [0.25, 0.3) is 0 Å². The number of piperidine rings is 2. The largest absolute Gasteiger partial charge is 0.464 e. The lowest BCUT2D eigenvalue weighted by atomic mass is 9.69. The van der Waals surface area contributed by atoms with Gasteiger partial charge in [-0.05, 0) is 70.3 Å². The van der Waals surface area contributed by atoms with Crippen LogP contribution >= 0.6 is 0 Å². The Morgan fingerprint density at radius 2 is 1.68 bits per heavy atom. The van der Waals surface area contributed by atoms with Crippen molar-refractivity contribution in [1.82, 2.24) is 9.80 Å². The van der Waals surface area contributed by atoms with Crippen LogP contribution in [-0.4, -0.2) is 65.3 Å². The summed E-state index contributed by atoms with van der Waals surface area (Å²) in [6.07, 6.45) is 2.35. The fourth-order valence-corrected chi connectivity index (χ4v) is 6.11. The van der Waals surface area contributed by atoms with Gasteiger partial charge in [-0.1, -0.05) is 30.3 Å². The molecule has 1 aromatic carbocycles. The summed E-state index contributed by atoms with van der Waals surface area (Å²) in [5.41, 5.74) is 0.127. The first-order chi connectivity index (χ1) is 16.2. The number of ether oxygens (including phenoxy) is 3. The average molecular weight is 473 g/mol. The van der Waals surface area contributed by atoms with E-state index < -0.39 is 17.7 Å². The zero-order valence-corrected chi connectivity index (χ0v) is 20.6. The molecular weight excluding hydrogens is 436 g/mol. The minimum atomic E-state index is -0.643. The van der Waals surface area contributed by atoms with E-state index in [0.29, 0.717) is 13.1 Å². The summed E-state index contributed by atoms with van der Waals surface area (Å²) >= 11 is 0. The van der Waals surface area contributed by atoms with Crippen molar-refractivity contribution >= 4 is 18.2 Å². The van der Waals surface area contributed by atoms with E-state index in [1.807, 2.05) is 51.1 Å². The van der Waals surface area contributed by atoms with E-state index in [4.69, 9.17) is 14.2 Å². The predicted octanol–water partition coefficient (Wildman–Crippen LogP) is 4.37. The Balaban J connectivity index is 1.51. The maximum atomic E-state index is 13.3. The Morgan fingerprint density at radius 1 is 1.00 bits per heavy atom. The molecule has 2 heterocycles. The van der Waals surface area contributed by atoms with E-state index >= 15 is 0 Å². The molecule has 0 radical (unpaired) electrons. The topological polar surface area (TPSA) is 85.4 Å². The van der Waals surface area contributed by atoms with Crippen LogP contribution in [0.1, 0.15) is 58.9 Å². The summed E-state index contributed by atoms with van der Waals surface area (Å²) in [6, 6.07) is 8.77. The van der Waals surface area contributed by atoms with Crippen molar-refractivity contribution in [3.8, 4) is 0 Å². The summed E-state index contributed by atoms with van der Waals surface area (Å²) in [4.78, 5) is 42.3. The van der Waals surface area contributed by atoms with Crippen molar-refractivity contribution in [2.45, 2.75) is 77.7 Å². The molecule has 3 aliphatic rings. The van der Waals surface area contributed by atoms with E-state index in [1.54, 1.807) is 16.7 Å². The Morgan fingerprint density at radius 3 is 2.29 bits per heavy atom. The molecule has 1 spiro atoms. The SMILES string of the molecule is CCOC(=O)C1C2CCC(N1C(=O)OCc1ccccc1)C21CCN(C(=O)OC(C)(C)C)CC1. The highest BCUT2D eigenvalue weighted by molar-refractivity contribution is 5.84. The van der Waals surface area contributed by atoms with E-state index in [9.17, 15) is 14.4 Å². The van der Waals surface area contributed by atoms with Crippen LogP contribution in [0, 0.1) is 11.3 Å². The fraction of sp³-hybridized carbons (Fsp3) is 0.654. The highest BCUT2D eigenvalue weighted by Crippen LogP contribution is 2.60. The number of rotatable bonds is 4. The molecule has 1 aromatic rings. The van der Waals surface area contributed by atoms with E-state index in [2.05, 4.69) is 0 Å². The van der Waals surface area contributed by atoms with Crippen molar-refractivity contribution < 1.29 is 28.6 Å². The Hall–Kier alpha value is -2.77. The Kier molecular flexibility index (Phi) is 6.78. The van der Waals surface area contributed by atoms with E-state index in [-0.39, 0.29) is 42.7 Å². The van der Waals surface area contributed by atoms with Gasteiger partial charge in [-0.15, -0.1) is 0 Å². The number of nitrogens with zero attached hydrogens (tertiary/aromatic N) is 2. The minimum Gasteiger partial charge on any atom is -0.464 e. The molecule has 8 nitrogen and oxygen atoms in total. The summed E-state index contributed by atoms with van der Waals surface area (Å²) < 4.78 is 16.6. The zero-order chi connectivity index (χ0) is 24.5. The molecule has 186 valence electrons. The summed E-state index contributed by atoms with van der Waals surface area (Å²) in [7, 11) is 0. The predicted molar refractivity (Wildman–Crippen MR) is 125 cm³/mol. The van der Waals surface area contributed by atoms with Gasteiger partial charge in [-0.2, -0.15) is 0 Å². The van der Waals surface area contributed by atoms with Crippen LogP contribution in [0.2, 0.25) is 0 Å². The summed E-state index contributed by atoms with van der Waals surface area (Å²) in [6.45, 7) is 8.86. The maximum Gasteiger partial charge on any atom is 0.411 e. The lowest BCUT2D eigenvalue weighted by Gasteiger charge is -2.42. The van der Waals surface area contributed by atoms with Gasteiger partial charge in [0.2, 0.25) is 0 Å². The highest BCUT2D eigenvalue weighted by Gasteiger charge is 2.67. The second kappa shape index (κ2) is 9.47. The van der Waals surface area contributed by atoms with Crippen LogP contribution in [0.3, 0.4) is 0 Å². The molecule has 3 fully saturated rings. The molecular formula is C26H36N2O6. The number of hydrogen-bond acceptors (Lipinski definition) is 6. The molecule has 0 aromatic heterocycles. The van der Waals surface area contributed by atoms with Crippen LogP contribution in [0.5, 0.6) is 0 Å². The summed E-state index contributed by atoms with van der Waals surface area (Å²) in [5, 5.41) is 0. The molecule has 3 unspecified atom stereocenters. The number of benzene rings is 1. The lowest BCUT2D eigenvalue weighted by Crippen LogP contribution is -2.51. The highest BCUT2D eigenvalue weighted by atomic mass is 16.6. The standard InChI is InChI=1S/C26H36N2O6/c1-5-32-22(29)21-19-11-12-20(28(21)24(31)33-17-18-9-7-6-8-10-18)26(19)13-15-27(16-14-26)23(30)34-25(2,3)4/h6-10,19-21H,5,11-17H2,1-4H3. The molecule has 3 atom stereocenters. The number of likely N-dealkylation sites (tertiary alicyclic amines) is 2. The van der Waals surface area contributed by atoms with Gasteiger partial charge in [0.15, 0.2) is 0 Å². The molecule has 0 N–H and O–H groups in total. The molecule has 4 rings (SSSR count). The molecule has 8 heteroatoms. The minimum absolute atomic E-state index is 0.00149. The Bertz CT molecular complexity index is 904. The number of carbonyl (C=O) groups is 3. The first-order valence-electron chi connectivity index (χ1n) is 12.3. The molecule has 2 aliphatic heterocycles. The molecule has 34 heavy (non-hydrogen) atoms. The third-order valence-corrected chi connectivity index (χ3v) is 7.46. The third-order valence-electron chi connectivity index (χ3n) is 7.46. The van der Waals surface area contributed by atoms with Crippen molar-refractivity contribution in [3.63, 3.8) is 0 Å². The third kappa shape index (κ3) is 4.59. The van der Waals surface area contributed by atoms with Crippen LogP contribution in [0.15, 0.2) is 30.3 Å². The van der Waals surface area contributed by atoms with Gasteiger partial charge in [0.1, 0.15) is 18.2 Å². The number of hydrogen-bond donors (Lipinski definition) is 0. The monoisotopic (exact) mass is 472 g/mol. The van der Waals surface area contributed by atoms with Crippen LogP contribution in [0.4, 0.5) is 9.59 Å². The van der Waals surface area contributed by atoms with Crippen molar-refractivity contribution in [2.24, 2.45) is 11.3 Å². The van der Waals surface area contributed by atoms with Gasteiger partial charge < -0.3 is 19.1 Å². The van der Waals surface area contributed by atoms with Crippen molar-refractivity contribution in [1.29, 1.82) is 0 Å². The first kappa shape index (κ1) is 24.4. The van der Waals surface area contributed by atoms with Gasteiger partial charge in [0, 0.05) is 19.1 Å². The smallest absolute Gasteiger partial charge is 0.411 e. The molecule has 1 saturated carbocycles. The van der Waals surface area contributed by atoms with Gasteiger partial charge in [0.05, 0.1) is 6.61 Å². The van der Waals surface area contributed by atoms with E-state index in [1.165, 1.54) is 0 Å². The molecule has 2 bridgehead atoms. The van der Waals surface area contributed by atoms with Crippen LogP contribution in [0.25, 0.3) is 0 Å².